The molecular weight excluding hydrogens is 271 g/mol. The van der Waals surface area contributed by atoms with Crippen molar-refractivity contribution < 1.29 is 9.50 Å². The van der Waals surface area contributed by atoms with Crippen LogP contribution in [0.15, 0.2) is 22.7 Å². The lowest BCUT2D eigenvalue weighted by Gasteiger charge is -2.27. The molecule has 1 aliphatic rings. The molecule has 0 heterocycles. The fraction of sp³-hybridized carbons (Fsp3) is 0.538. The van der Waals surface area contributed by atoms with E-state index >= 15 is 0 Å². The van der Waals surface area contributed by atoms with Crippen LogP contribution < -0.4 is 0 Å². The van der Waals surface area contributed by atoms with Gasteiger partial charge in [0.05, 0.1) is 0 Å². The molecule has 1 aromatic rings. The quantitative estimate of drug-likeness (QED) is 0.898. The first-order valence-corrected chi connectivity index (χ1v) is 6.39. The van der Waals surface area contributed by atoms with Crippen molar-refractivity contribution in [2.24, 2.45) is 11.3 Å². The van der Waals surface area contributed by atoms with Crippen LogP contribution in [0.1, 0.15) is 25.3 Å². The second-order valence-electron chi connectivity index (χ2n) is 5.00. The summed E-state index contributed by atoms with van der Waals surface area (Å²) in [6, 6.07) is 4.73. The standard InChI is InChI=1S/C13H16BrFO/c1-13(8-16,10-2-3-10)7-9-6-11(15)4-5-12(9)14/h4-6,10,16H,2-3,7-8H2,1H3. The molecule has 1 fully saturated rings. The third-order valence-corrected chi connectivity index (χ3v) is 4.30. The Morgan fingerprint density at radius 2 is 2.19 bits per heavy atom. The number of rotatable bonds is 4. The van der Waals surface area contributed by atoms with E-state index in [-0.39, 0.29) is 17.8 Å². The molecule has 1 N–H and O–H groups in total. The van der Waals surface area contributed by atoms with Gasteiger partial charge < -0.3 is 5.11 Å². The molecule has 3 heteroatoms. The van der Waals surface area contributed by atoms with Crippen molar-refractivity contribution in [3.63, 3.8) is 0 Å². The number of aliphatic hydroxyl groups is 1. The molecule has 1 aliphatic carbocycles. The minimum Gasteiger partial charge on any atom is -0.396 e. The highest BCUT2D eigenvalue weighted by molar-refractivity contribution is 9.10. The monoisotopic (exact) mass is 286 g/mol. The number of aliphatic hydroxyl groups excluding tert-OH is 1. The van der Waals surface area contributed by atoms with Crippen LogP contribution in [-0.2, 0) is 6.42 Å². The van der Waals surface area contributed by atoms with E-state index < -0.39 is 0 Å². The molecule has 1 atom stereocenters. The lowest BCUT2D eigenvalue weighted by molar-refractivity contribution is 0.119. The van der Waals surface area contributed by atoms with E-state index in [9.17, 15) is 9.50 Å². The Labute approximate surface area is 104 Å². The number of benzene rings is 1. The van der Waals surface area contributed by atoms with Crippen molar-refractivity contribution in [1.29, 1.82) is 0 Å². The lowest BCUT2D eigenvalue weighted by Crippen LogP contribution is -2.27. The Morgan fingerprint density at radius 1 is 1.50 bits per heavy atom. The molecule has 1 nitrogen and oxygen atoms in total. The Hall–Kier alpha value is -0.410. The summed E-state index contributed by atoms with van der Waals surface area (Å²) in [6.45, 7) is 2.25. The molecular formula is C13H16BrFO. The van der Waals surface area contributed by atoms with E-state index in [2.05, 4.69) is 22.9 Å². The van der Waals surface area contributed by atoms with Crippen molar-refractivity contribution in [3.8, 4) is 0 Å². The molecule has 2 rings (SSSR count). The molecule has 0 amide bonds. The Bertz CT molecular complexity index is 390. The molecule has 0 saturated heterocycles. The summed E-state index contributed by atoms with van der Waals surface area (Å²) in [5.41, 5.74) is 0.847. The van der Waals surface area contributed by atoms with Gasteiger partial charge in [-0.2, -0.15) is 0 Å². The first kappa shape index (κ1) is 12.1. The summed E-state index contributed by atoms with van der Waals surface area (Å²) in [6.07, 6.45) is 3.10. The largest absolute Gasteiger partial charge is 0.396 e. The minimum atomic E-state index is -0.214. The summed E-state index contributed by atoms with van der Waals surface area (Å²) in [5, 5.41) is 9.51. The van der Waals surface area contributed by atoms with Gasteiger partial charge in [0.2, 0.25) is 0 Å². The zero-order valence-corrected chi connectivity index (χ0v) is 10.9. The van der Waals surface area contributed by atoms with Crippen molar-refractivity contribution in [2.75, 3.05) is 6.61 Å². The molecule has 16 heavy (non-hydrogen) atoms. The van der Waals surface area contributed by atoms with Crippen LogP contribution in [0.2, 0.25) is 0 Å². The Kier molecular flexibility index (Phi) is 3.36. The van der Waals surface area contributed by atoms with Crippen LogP contribution in [0.25, 0.3) is 0 Å². The van der Waals surface area contributed by atoms with Crippen molar-refractivity contribution in [3.05, 3.63) is 34.1 Å². The van der Waals surface area contributed by atoms with Crippen molar-refractivity contribution >= 4 is 15.9 Å². The van der Waals surface area contributed by atoms with Crippen LogP contribution in [-0.4, -0.2) is 11.7 Å². The van der Waals surface area contributed by atoms with Crippen LogP contribution in [0.5, 0.6) is 0 Å². The van der Waals surface area contributed by atoms with Crippen LogP contribution >= 0.6 is 15.9 Å². The van der Waals surface area contributed by atoms with Gasteiger partial charge in [-0.1, -0.05) is 22.9 Å². The number of halogens is 2. The average molecular weight is 287 g/mol. The third-order valence-electron chi connectivity index (χ3n) is 3.53. The molecule has 0 spiro atoms. The summed E-state index contributed by atoms with van der Waals surface area (Å²) >= 11 is 3.43. The van der Waals surface area contributed by atoms with Gasteiger partial charge in [-0.15, -0.1) is 0 Å². The molecule has 0 radical (unpaired) electrons. The van der Waals surface area contributed by atoms with Crippen LogP contribution in [0.3, 0.4) is 0 Å². The smallest absolute Gasteiger partial charge is 0.123 e. The summed E-state index contributed by atoms with van der Waals surface area (Å²) in [4.78, 5) is 0. The van der Waals surface area contributed by atoms with Gasteiger partial charge in [-0.05, 0) is 54.4 Å². The Morgan fingerprint density at radius 3 is 2.75 bits per heavy atom. The van der Waals surface area contributed by atoms with E-state index in [0.29, 0.717) is 5.92 Å². The Balaban J connectivity index is 2.21. The molecule has 0 aromatic heterocycles. The maximum Gasteiger partial charge on any atom is 0.123 e. The van der Waals surface area contributed by atoms with Gasteiger partial charge in [0.25, 0.3) is 0 Å². The number of hydrogen-bond donors (Lipinski definition) is 1. The first-order valence-electron chi connectivity index (χ1n) is 5.60. The van der Waals surface area contributed by atoms with E-state index in [4.69, 9.17) is 0 Å². The molecule has 1 saturated carbocycles. The van der Waals surface area contributed by atoms with E-state index in [0.717, 1.165) is 16.5 Å². The predicted molar refractivity (Wildman–Crippen MR) is 65.7 cm³/mol. The molecule has 1 aromatic carbocycles. The second kappa shape index (κ2) is 4.46. The summed E-state index contributed by atoms with van der Waals surface area (Å²) in [5.74, 6) is 0.377. The van der Waals surface area contributed by atoms with Gasteiger partial charge in [-0.25, -0.2) is 4.39 Å². The summed E-state index contributed by atoms with van der Waals surface area (Å²) < 4.78 is 14.1. The zero-order valence-electron chi connectivity index (χ0n) is 9.34. The molecule has 1 unspecified atom stereocenters. The van der Waals surface area contributed by atoms with Gasteiger partial charge in [0.15, 0.2) is 0 Å². The van der Waals surface area contributed by atoms with Gasteiger partial charge in [0.1, 0.15) is 5.82 Å². The highest BCUT2D eigenvalue weighted by atomic mass is 79.9. The van der Waals surface area contributed by atoms with Crippen LogP contribution in [0, 0.1) is 17.2 Å². The average Bonchev–Trinajstić information content (AvgIpc) is 3.07. The van der Waals surface area contributed by atoms with Crippen molar-refractivity contribution in [2.45, 2.75) is 26.2 Å². The van der Waals surface area contributed by atoms with E-state index in [1.54, 1.807) is 12.1 Å². The molecule has 0 aliphatic heterocycles. The summed E-state index contributed by atoms with van der Waals surface area (Å²) in [7, 11) is 0. The normalized spacial score (nSPS) is 19.5. The van der Waals surface area contributed by atoms with E-state index in [1.807, 2.05) is 0 Å². The number of hydrogen-bond acceptors (Lipinski definition) is 1. The third kappa shape index (κ3) is 2.46. The van der Waals surface area contributed by atoms with Gasteiger partial charge >= 0.3 is 0 Å². The predicted octanol–water partition coefficient (Wildman–Crippen LogP) is 3.54. The minimum absolute atomic E-state index is 0.101. The SMILES string of the molecule is CC(CO)(Cc1cc(F)ccc1Br)C1CC1. The van der Waals surface area contributed by atoms with E-state index in [1.165, 1.54) is 18.9 Å². The fourth-order valence-electron chi connectivity index (χ4n) is 2.22. The highest BCUT2D eigenvalue weighted by Crippen LogP contribution is 2.47. The van der Waals surface area contributed by atoms with Crippen molar-refractivity contribution in [1.82, 2.24) is 0 Å². The van der Waals surface area contributed by atoms with Gasteiger partial charge in [0, 0.05) is 11.1 Å². The molecule has 0 bridgehead atoms. The maximum absolute atomic E-state index is 13.2. The lowest BCUT2D eigenvalue weighted by atomic mass is 9.80. The molecule has 88 valence electrons. The van der Waals surface area contributed by atoms with Gasteiger partial charge in [-0.3, -0.25) is 0 Å². The fourth-order valence-corrected chi connectivity index (χ4v) is 2.61. The zero-order chi connectivity index (χ0) is 11.8. The maximum atomic E-state index is 13.2. The van der Waals surface area contributed by atoms with Crippen LogP contribution in [0.4, 0.5) is 4.39 Å². The second-order valence-corrected chi connectivity index (χ2v) is 5.85. The highest BCUT2D eigenvalue weighted by Gasteiger charge is 2.41. The first-order chi connectivity index (χ1) is 7.55. The topological polar surface area (TPSA) is 20.2 Å².